The largest absolute Gasteiger partial charge is 0.456 e. The number of benzene rings is 2. The van der Waals surface area contributed by atoms with Crippen molar-refractivity contribution in [2.45, 2.75) is 114 Å². The number of likely N-dealkylation sites (tertiary alicyclic amines) is 2. The van der Waals surface area contributed by atoms with Crippen LogP contribution in [0.3, 0.4) is 0 Å². The summed E-state index contributed by atoms with van der Waals surface area (Å²) in [5, 5.41) is 5.04. The number of esters is 2. The Morgan fingerprint density at radius 2 is 0.985 bits per heavy atom. The monoisotopic (exact) mass is 920 g/mol. The molecule has 4 amide bonds. The third-order valence-corrected chi connectivity index (χ3v) is 13.5. The molecule has 2 aromatic carbocycles. The third-order valence-electron chi connectivity index (χ3n) is 13.5. The van der Waals surface area contributed by atoms with Gasteiger partial charge in [0.15, 0.2) is 47.8 Å². The van der Waals surface area contributed by atoms with E-state index in [0.717, 1.165) is 25.7 Å². The topological polar surface area (TPSA) is 241 Å². The summed E-state index contributed by atoms with van der Waals surface area (Å²) in [5.41, 5.74) is 0.314. The molecule has 356 valence electrons. The Morgan fingerprint density at radius 3 is 1.35 bits per heavy atom. The Morgan fingerprint density at radius 1 is 0.591 bits per heavy atom. The highest BCUT2D eigenvalue weighted by Gasteiger charge is 2.53. The number of nitrogens with one attached hydrogen (secondary N) is 2. The number of hydrogen-bond donors (Lipinski definition) is 2. The highest BCUT2D eigenvalue weighted by atomic mass is 16.6. The number of alkyl carbamates (subject to hydrolysis) is 2. The average molecular weight is 921 g/mol. The summed E-state index contributed by atoms with van der Waals surface area (Å²) in [4.78, 5) is 109. The van der Waals surface area contributed by atoms with Gasteiger partial charge >= 0.3 is 24.1 Å². The zero-order chi connectivity index (χ0) is 47.4. The summed E-state index contributed by atoms with van der Waals surface area (Å²) in [6, 6.07) is 4.14. The maximum absolute atomic E-state index is 13.9. The van der Waals surface area contributed by atoms with Crippen molar-refractivity contribution in [1.29, 1.82) is 0 Å². The van der Waals surface area contributed by atoms with Crippen molar-refractivity contribution < 1.29 is 76.3 Å². The Bertz CT molecular complexity index is 2080. The van der Waals surface area contributed by atoms with E-state index in [1.807, 2.05) is 0 Å². The quantitative estimate of drug-likeness (QED) is 0.117. The van der Waals surface area contributed by atoms with Crippen LogP contribution in [-0.4, -0.2) is 147 Å². The molecule has 66 heavy (non-hydrogen) atoms. The lowest BCUT2D eigenvalue weighted by Gasteiger charge is -2.33. The van der Waals surface area contributed by atoms with Crippen LogP contribution in [0, 0.1) is 11.8 Å². The number of fused-ring (bicyclic) bond motifs is 4. The maximum Gasteiger partial charge on any atom is 0.407 e. The maximum atomic E-state index is 13.9. The third kappa shape index (κ3) is 9.79. The average Bonchev–Trinajstić information content (AvgIpc) is 4.14. The summed E-state index contributed by atoms with van der Waals surface area (Å²) in [6.45, 7) is 2.01. The summed E-state index contributed by atoms with van der Waals surface area (Å²) in [5.74, 6) is -2.62. The second-order valence-electron chi connectivity index (χ2n) is 17.2. The second-order valence-corrected chi connectivity index (χ2v) is 17.2. The zero-order valence-electron chi connectivity index (χ0n) is 37.7. The first-order valence-corrected chi connectivity index (χ1v) is 22.1. The van der Waals surface area contributed by atoms with Crippen LogP contribution in [0.15, 0.2) is 36.4 Å². The first-order chi connectivity index (χ1) is 31.7. The smallest absolute Gasteiger partial charge is 0.407 e. The van der Waals surface area contributed by atoms with Crippen LogP contribution in [0.1, 0.15) is 85.9 Å². The molecule has 7 rings (SSSR count). The molecule has 20 heteroatoms. The number of carbonyl (C=O) groups excluding carboxylic acids is 8. The SMILES string of the molecule is COC(=O)N[C@H](C(=O)N1C2CCCC2C[C@@H]1C(=O)OCC(=O)c1ccc2c(c1)Oc1ccc(C(=O)COC(=O)[C@@H]3CC4CCCC4N3C(=O)[C@@H](NC(=O)OC)[C@@H](C)OC)cc1O2)[C@@H](C)OC. The van der Waals surface area contributed by atoms with Crippen LogP contribution in [-0.2, 0) is 47.6 Å². The van der Waals surface area contributed by atoms with Crippen LogP contribution in [0.25, 0.3) is 0 Å². The number of ether oxygens (including phenoxy) is 8. The first-order valence-electron chi connectivity index (χ1n) is 22.1. The predicted molar refractivity (Wildman–Crippen MR) is 228 cm³/mol. The number of rotatable bonds is 16. The van der Waals surface area contributed by atoms with Gasteiger partial charge in [0.25, 0.3) is 0 Å². The predicted octanol–water partition coefficient (Wildman–Crippen LogP) is 4.09. The van der Waals surface area contributed by atoms with E-state index in [1.165, 1.54) is 74.6 Å². The van der Waals surface area contributed by atoms with Crippen LogP contribution in [0.4, 0.5) is 9.59 Å². The van der Waals surface area contributed by atoms with Gasteiger partial charge in [0, 0.05) is 37.4 Å². The van der Waals surface area contributed by atoms with E-state index in [9.17, 15) is 38.4 Å². The number of methoxy groups -OCH3 is 4. The van der Waals surface area contributed by atoms with E-state index in [1.54, 1.807) is 13.8 Å². The van der Waals surface area contributed by atoms with Crippen molar-refractivity contribution >= 4 is 47.5 Å². The molecular formula is C46H56N4O16. The molecule has 2 saturated heterocycles. The molecule has 4 fully saturated rings. The molecule has 3 heterocycles. The lowest BCUT2D eigenvalue weighted by Crippen LogP contribution is -2.58. The van der Waals surface area contributed by atoms with Gasteiger partial charge in [-0.3, -0.25) is 19.2 Å². The van der Waals surface area contributed by atoms with Crippen molar-refractivity contribution in [1.82, 2.24) is 20.4 Å². The van der Waals surface area contributed by atoms with E-state index < -0.39 is 97.1 Å². The summed E-state index contributed by atoms with van der Waals surface area (Å²) >= 11 is 0. The lowest BCUT2D eigenvalue weighted by atomic mass is 10.0. The number of ketones is 2. The number of amides is 4. The van der Waals surface area contributed by atoms with Gasteiger partial charge < -0.3 is 58.3 Å². The van der Waals surface area contributed by atoms with Crippen molar-refractivity contribution in [3.05, 3.63) is 47.5 Å². The second kappa shape index (κ2) is 20.5. The van der Waals surface area contributed by atoms with Crippen LogP contribution in [0.2, 0.25) is 0 Å². The fourth-order valence-electron chi connectivity index (χ4n) is 9.92. The fourth-order valence-corrected chi connectivity index (χ4v) is 9.92. The van der Waals surface area contributed by atoms with Crippen molar-refractivity contribution in [3.63, 3.8) is 0 Å². The van der Waals surface area contributed by atoms with Gasteiger partial charge in [0.1, 0.15) is 24.2 Å². The van der Waals surface area contributed by atoms with E-state index in [0.29, 0.717) is 25.7 Å². The van der Waals surface area contributed by atoms with Gasteiger partial charge in [0.2, 0.25) is 11.8 Å². The molecule has 2 aromatic rings. The molecule has 2 N–H and O–H groups in total. The van der Waals surface area contributed by atoms with Gasteiger partial charge in [-0.05, 0) is 101 Å². The van der Waals surface area contributed by atoms with Gasteiger partial charge in [-0.1, -0.05) is 12.8 Å². The van der Waals surface area contributed by atoms with Gasteiger partial charge in [0.05, 0.1) is 26.4 Å². The molecule has 0 spiro atoms. The minimum atomic E-state index is -1.13. The normalized spacial score (nSPS) is 24.1. The highest BCUT2D eigenvalue weighted by molar-refractivity contribution is 6.00. The summed E-state index contributed by atoms with van der Waals surface area (Å²) in [6.07, 6.45) is 2.34. The molecule has 0 aromatic heterocycles. The van der Waals surface area contributed by atoms with E-state index in [-0.39, 0.29) is 58.0 Å². The molecule has 20 nitrogen and oxygen atoms in total. The minimum Gasteiger partial charge on any atom is -0.456 e. The van der Waals surface area contributed by atoms with Gasteiger partial charge in [-0.15, -0.1) is 0 Å². The van der Waals surface area contributed by atoms with E-state index in [4.69, 9.17) is 37.9 Å². The van der Waals surface area contributed by atoms with Crippen LogP contribution >= 0.6 is 0 Å². The highest BCUT2D eigenvalue weighted by Crippen LogP contribution is 2.47. The standard InChI is InChI=1S/C46H56N4O16/c1-23(59-3)39(47-45(57)61-5)41(53)49-29-11-7-9-25(29)17-31(49)43(55)63-21-33(51)27-13-15-35-37(19-27)65-36-16-14-28(20-38(36)66-35)34(52)22-64-44(56)32-18-26-10-8-12-30(26)50(32)42(54)40(24(2)60-4)48-46(58)62-6/h13-16,19-20,23-26,29-32,39-40H,7-12,17-18,21-22H2,1-6H3,(H,47,57)(H,48,58)/t23-,24-,25?,26?,29?,30?,31-,32+,39+,40+/m1/s1. The number of Topliss-reactive ketones (excluding diaryl/α,β-unsaturated/α-hetero) is 2. The van der Waals surface area contributed by atoms with Crippen LogP contribution < -0.4 is 20.1 Å². The molecule has 5 aliphatic rings. The molecular weight excluding hydrogens is 865 g/mol. The Labute approximate surface area is 381 Å². The van der Waals surface area contributed by atoms with Crippen molar-refractivity contribution in [2.75, 3.05) is 41.7 Å². The number of nitrogens with zero attached hydrogens (tertiary/aromatic N) is 2. The lowest BCUT2D eigenvalue weighted by molar-refractivity contribution is -0.155. The minimum absolute atomic E-state index is 0.0572. The molecule has 0 bridgehead atoms. The van der Waals surface area contributed by atoms with E-state index >= 15 is 0 Å². The fraction of sp³-hybridized carbons (Fsp3) is 0.565. The Hall–Kier alpha value is -6.28. The molecule has 10 atom stereocenters. The van der Waals surface area contributed by atoms with Crippen LogP contribution in [0.5, 0.6) is 23.0 Å². The summed E-state index contributed by atoms with van der Waals surface area (Å²) in [7, 11) is 5.16. The molecule has 4 unspecified atom stereocenters. The molecule has 2 saturated carbocycles. The van der Waals surface area contributed by atoms with Gasteiger partial charge in [-0.25, -0.2) is 19.2 Å². The zero-order valence-corrected chi connectivity index (χ0v) is 37.7. The molecule has 3 aliphatic heterocycles. The molecule has 2 aliphatic carbocycles. The van der Waals surface area contributed by atoms with E-state index in [2.05, 4.69) is 10.6 Å². The summed E-state index contributed by atoms with van der Waals surface area (Å²) < 4.78 is 43.3. The van der Waals surface area contributed by atoms with Gasteiger partial charge in [-0.2, -0.15) is 0 Å². The first kappa shape index (κ1) is 47.7. The number of carbonyl (C=O) groups is 8. The molecule has 0 radical (unpaired) electrons. The van der Waals surface area contributed by atoms with Crippen molar-refractivity contribution in [3.8, 4) is 23.0 Å². The number of hydrogen-bond acceptors (Lipinski definition) is 16. The Balaban J connectivity index is 0.954. The van der Waals surface area contributed by atoms with Crippen molar-refractivity contribution in [2.24, 2.45) is 11.8 Å². The Kier molecular flexibility index (Phi) is 14.8.